The third-order valence-electron chi connectivity index (χ3n) is 5.00. The molecule has 0 saturated heterocycles. The van der Waals surface area contributed by atoms with Crippen LogP contribution in [0.3, 0.4) is 0 Å². The van der Waals surface area contributed by atoms with Crippen molar-refractivity contribution < 1.29 is 18.8 Å². The molecule has 8 heteroatoms. The lowest BCUT2D eigenvalue weighted by molar-refractivity contribution is -0.116. The van der Waals surface area contributed by atoms with Gasteiger partial charge in [0.05, 0.1) is 23.8 Å². The summed E-state index contributed by atoms with van der Waals surface area (Å²) in [4.78, 5) is 28.3. The molecule has 0 radical (unpaired) electrons. The number of carbonyl (C=O) groups excluding carboxylic acids is 2. The average Bonchev–Trinajstić information content (AvgIpc) is 3.02. The lowest BCUT2D eigenvalue weighted by Gasteiger charge is -2.35. The van der Waals surface area contributed by atoms with Gasteiger partial charge in [0, 0.05) is 32.3 Å². The van der Waals surface area contributed by atoms with Crippen molar-refractivity contribution in [3.8, 4) is 5.75 Å². The number of hydrogen-bond acceptors (Lipinski definition) is 6. The summed E-state index contributed by atoms with van der Waals surface area (Å²) in [7, 11) is 5.33. The van der Waals surface area contributed by atoms with Gasteiger partial charge in [0.15, 0.2) is 0 Å². The Morgan fingerprint density at radius 1 is 1.36 bits per heavy atom. The first-order chi connectivity index (χ1) is 13.3. The van der Waals surface area contributed by atoms with E-state index < -0.39 is 0 Å². The van der Waals surface area contributed by atoms with Crippen LogP contribution in [-0.2, 0) is 11.2 Å². The molecule has 0 spiro atoms. The van der Waals surface area contributed by atoms with E-state index in [0.29, 0.717) is 23.8 Å². The first-order valence-electron chi connectivity index (χ1n) is 9.28. The van der Waals surface area contributed by atoms with Crippen LogP contribution in [-0.4, -0.2) is 55.7 Å². The number of ether oxygens (including phenoxy) is 1. The van der Waals surface area contributed by atoms with Crippen LogP contribution in [0.4, 0.5) is 11.6 Å². The maximum Gasteiger partial charge on any atom is 0.253 e. The predicted molar refractivity (Wildman–Crippen MR) is 106 cm³/mol. The molecular weight excluding hydrogens is 360 g/mol. The van der Waals surface area contributed by atoms with E-state index >= 15 is 0 Å². The van der Waals surface area contributed by atoms with Crippen molar-refractivity contribution in [1.29, 1.82) is 0 Å². The molecule has 0 fully saturated rings. The maximum absolute atomic E-state index is 12.5. The van der Waals surface area contributed by atoms with Gasteiger partial charge in [-0.05, 0) is 31.5 Å². The average molecular weight is 386 g/mol. The maximum atomic E-state index is 12.5. The molecule has 2 aromatic rings. The van der Waals surface area contributed by atoms with Gasteiger partial charge in [-0.3, -0.25) is 14.9 Å². The number of carbonyl (C=O) groups is 2. The van der Waals surface area contributed by atoms with E-state index in [1.165, 1.54) is 4.90 Å². The number of rotatable bonds is 5. The van der Waals surface area contributed by atoms with E-state index in [0.717, 1.165) is 23.4 Å². The van der Waals surface area contributed by atoms with E-state index in [9.17, 15) is 9.59 Å². The van der Waals surface area contributed by atoms with E-state index in [-0.39, 0.29) is 24.3 Å². The Morgan fingerprint density at radius 2 is 2.11 bits per heavy atom. The molecule has 3 rings (SSSR count). The van der Waals surface area contributed by atoms with Gasteiger partial charge in [-0.2, -0.15) is 0 Å². The third kappa shape index (κ3) is 3.81. The molecule has 1 unspecified atom stereocenters. The molecular formula is C20H26N4O4. The van der Waals surface area contributed by atoms with Gasteiger partial charge < -0.3 is 19.1 Å². The number of aromatic nitrogens is 1. The topological polar surface area (TPSA) is 87.9 Å². The van der Waals surface area contributed by atoms with E-state index in [1.54, 1.807) is 32.3 Å². The second-order valence-electron chi connectivity index (χ2n) is 7.15. The zero-order valence-corrected chi connectivity index (χ0v) is 16.9. The van der Waals surface area contributed by atoms with E-state index in [4.69, 9.17) is 9.26 Å². The molecule has 1 aromatic heterocycles. The Balaban J connectivity index is 1.71. The summed E-state index contributed by atoms with van der Waals surface area (Å²) in [6.07, 6.45) is 0.971. The lowest BCUT2D eigenvalue weighted by atomic mass is 10.1. The quantitative estimate of drug-likeness (QED) is 0.849. The lowest BCUT2D eigenvalue weighted by Crippen LogP contribution is -2.42. The predicted octanol–water partition coefficient (Wildman–Crippen LogP) is 2.47. The van der Waals surface area contributed by atoms with Crippen molar-refractivity contribution in [2.45, 2.75) is 32.7 Å². The second kappa shape index (κ2) is 7.92. The molecule has 1 aliphatic heterocycles. The first kappa shape index (κ1) is 19.7. The fraction of sp³-hybridized carbons (Fsp3) is 0.450. The van der Waals surface area contributed by atoms with Crippen LogP contribution in [0.1, 0.15) is 35.0 Å². The third-order valence-corrected chi connectivity index (χ3v) is 5.00. The van der Waals surface area contributed by atoms with Gasteiger partial charge in [-0.25, -0.2) is 0 Å². The van der Waals surface area contributed by atoms with Crippen LogP contribution in [0.15, 0.2) is 22.7 Å². The number of fused-ring (bicyclic) bond motifs is 1. The number of hydrogen-bond donors (Lipinski definition) is 1. The number of likely N-dealkylation sites (N-methyl/N-ethyl adjacent to an activating group) is 1. The highest BCUT2D eigenvalue weighted by molar-refractivity contribution is 5.95. The molecule has 150 valence electrons. The van der Waals surface area contributed by atoms with E-state index in [2.05, 4.69) is 10.5 Å². The molecule has 0 bridgehead atoms. The Hall–Kier alpha value is -3.03. The van der Waals surface area contributed by atoms with Gasteiger partial charge in [0.1, 0.15) is 12.4 Å². The minimum Gasteiger partial charge on any atom is -0.489 e. The largest absolute Gasteiger partial charge is 0.489 e. The van der Waals surface area contributed by atoms with Crippen LogP contribution in [0, 0.1) is 6.92 Å². The smallest absolute Gasteiger partial charge is 0.253 e. The standard InChI is InChI=1S/C20H26N4O4/c1-6-15-12(2)19(28-22-15)21-18(25)10-14-11-27-17-8-7-13(20(26)23(3)4)9-16(17)24(14)5/h7-9,14H,6,10-11H2,1-5H3,(H,21,25). The summed E-state index contributed by atoms with van der Waals surface area (Å²) in [6.45, 7) is 4.24. The van der Waals surface area contributed by atoms with E-state index in [1.807, 2.05) is 25.8 Å². The molecule has 1 aromatic carbocycles. The van der Waals surface area contributed by atoms with Crippen molar-refractivity contribution in [2.24, 2.45) is 0 Å². The Morgan fingerprint density at radius 3 is 2.75 bits per heavy atom. The molecule has 1 atom stereocenters. The summed E-state index contributed by atoms with van der Waals surface area (Å²) in [5, 5.41) is 6.75. The SMILES string of the molecule is CCc1noc(NC(=O)CC2COc3ccc(C(=O)N(C)C)cc3N2C)c1C. The highest BCUT2D eigenvalue weighted by Gasteiger charge is 2.28. The highest BCUT2D eigenvalue weighted by Crippen LogP contribution is 2.35. The summed E-state index contributed by atoms with van der Waals surface area (Å²) >= 11 is 0. The monoisotopic (exact) mass is 386 g/mol. The number of anilines is 2. The fourth-order valence-corrected chi connectivity index (χ4v) is 3.20. The second-order valence-corrected chi connectivity index (χ2v) is 7.15. The van der Waals surface area contributed by atoms with Gasteiger partial charge in [0.2, 0.25) is 11.8 Å². The van der Waals surface area contributed by atoms with Gasteiger partial charge in [-0.1, -0.05) is 12.1 Å². The summed E-state index contributed by atoms with van der Waals surface area (Å²) in [6, 6.07) is 5.19. The summed E-state index contributed by atoms with van der Waals surface area (Å²) in [5.41, 5.74) is 3.05. The molecule has 1 aliphatic rings. The summed E-state index contributed by atoms with van der Waals surface area (Å²) in [5.74, 6) is 0.837. The fourth-order valence-electron chi connectivity index (χ4n) is 3.20. The van der Waals surface area contributed by atoms with Crippen molar-refractivity contribution >= 4 is 23.4 Å². The number of amides is 2. The van der Waals surface area contributed by atoms with Gasteiger partial charge in [-0.15, -0.1) is 0 Å². The van der Waals surface area contributed by atoms with Crippen molar-refractivity contribution in [3.63, 3.8) is 0 Å². The van der Waals surface area contributed by atoms with Gasteiger partial charge >= 0.3 is 0 Å². The Labute approximate surface area is 164 Å². The highest BCUT2D eigenvalue weighted by atomic mass is 16.5. The zero-order valence-electron chi connectivity index (χ0n) is 16.9. The van der Waals surface area contributed by atoms with Crippen LogP contribution >= 0.6 is 0 Å². The first-order valence-corrected chi connectivity index (χ1v) is 9.28. The van der Waals surface area contributed by atoms with Crippen molar-refractivity contribution in [3.05, 3.63) is 35.0 Å². The van der Waals surface area contributed by atoms with Gasteiger partial charge in [0.25, 0.3) is 5.91 Å². The van der Waals surface area contributed by atoms with Crippen LogP contribution in [0.25, 0.3) is 0 Å². The normalized spacial score (nSPS) is 15.6. The molecule has 8 nitrogen and oxygen atoms in total. The number of nitrogens with zero attached hydrogens (tertiary/aromatic N) is 3. The molecule has 1 N–H and O–H groups in total. The van der Waals surface area contributed by atoms with Crippen LogP contribution in [0.2, 0.25) is 0 Å². The number of nitrogens with one attached hydrogen (secondary N) is 1. The molecule has 0 saturated carbocycles. The number of benzene rings is 1. The Bertz CT molecular complexity index is 890. The minimum absolute atomic E-state index is 0.0800. The molecule has 2 amide bonds. The Kier molecular flexibility index (Phi) is 5.58. The molecule has 0 aliphatic carbocycles. The van der Waals surface area contributed by atoms with Crippen molar-refractivity contribution in [1.82, 2.24) is 10.1 Å². The summed E-state index contributed by atoms with van der Waals surface area (Å²) < 4.78 is 11.0. The minimum atomic E-state index is -0.175. The van der Waals surface area contributed by atoms with Crippen molar-refractivity contribution in [2.75, 3.05) is 38.0 Å². The number of aryl methyl sites for hydroxylation is 1. The molecule has 28 heavy (non-hydrogen) atoms. The van der Waals surface area contributed by atoms with Crippen LogP contribution < -0.4 is 15.0 Å². The zero-order chi connectivity index (χ0) is 20.4. The van der Waals surface area contributed by atoms with Crippen LogP contribution in [0.5, 0.6) is 5.75 Å². The molecule has 2 heterocycles.